The Morgan fingerprint density at radius 2 is 2.36 bits per heavy atom. The van der Waals surface area contributed by atoms with E-state index in [1.807, 2.05) is 12.2 Å². The van der Waals surface area contributed by atoms with Crippen LogP contribution in [0.15, 0.2) is 37.0 Å². The van der Waals surface area contributed by atoms with Crippen LogP contribution in [0.25, 0.3) is 0 Å². The SMILES string of the molecule is C=C/C=C\C(=C)C1CCNC1. The van der Waals surface area contributed by atoms with Crippen LogP contribution >= 0.6 is 0 Å². The minimum Gasteiger partial charge on any atom is -0.316 e. The summed E-state index contributed by atoms with van der Waals surface area (Å²) in [5, 5.41) is 3.31. The van der Waals surface area contributed by atoms with Crippen molar-refractivity contribution >= 4 is 0 Å². The third-order valence-corrected chi connectivity index (χ3v) is 2.03. The van der Waals surface area contributed by atoms with Crippen molar-refractivity contribution in [3.8, 4) is 0 Å². The van der Waals surface area contributed by atoms with Gasteiger partial charge in [0.1, 0.15) is 0 Å². The van der Waals surface area contributed by atoms with Crippen LogP contribution in [0.4, 0.5) is 0 Å². The van der Waals surface area contributed by atoms with Gasteiger partial charge in [-0.15, -0.1) is 0 Å². The maximum Gasteiger partial charge on any atom is 0.00204 e. The second kappa shape index (κ2) is 4.14. The van der Waals surface area contributed by atoms with Crippen molar-refractivity contribution in [2.45, 2.75) is 6.42 Å². The Hall–Kier alpha value is -0.820. The summed E-state index contributed by atoms with van der Waals surface area (Å²) >= 11 is 0. The normalized spacial score (nSPS) is 24.2. The van der Waals surface area contributed by atoms with Gasteiger partial charge >= 0.3 is 0 Å². The van der Waals surface area contributed by atoms with Crippen molar-refractivity contribution in [2.75, 3.05) is 13.1 Å². The first-order valence-electron chi connectivity index (χ1n) is 4.03. The van der Waals surface area contributed by atoms with E-state index in [1.165, 1.54) is 12.0 Å². The lowest BCUT2D eigenvalue weighted by Gasteiger charge is -2.06. The van der Waals surface area contributed by atoms with E-state index in [2.05, 4.69) is 18.5 Å². The van der Waals surface area contributed by atoms with Crippen molar-refractivity contribution in [3.63, 3.8) is 0 Å². The molecule has 1 aliphatic heterocycles. The molecule has 1 nitrogen and oxygen atoms in total. The van der Waals surface area contributed by atoms with Gasteiger partial charge in [-0.05, 0) is 18.9 Å². The van der Waals surface area contributed by atoms with Gasteiger partial charge in [0.15, 0.2) is 0 Å². The number of hydrogen-bond donors (Lipinski definition) is 1. The van der Waals surface area contributed by atoms with Gasteiger partial charge in [0.25, 0.3) is 0 Å². The van der Waals surface area contributed by atoms with E-state index in [4.69, 9.17) is 0 Å². The highest BCUT2D eigenvalue weighted by Crippen LogP contribution is 2.17. The Bertz CT molecular complexity index is 173. The van der Waals surface area contributed by atoms with Crippen molar-refractivity contribution in [2.24, 2.45) is 5.92 Å². The van der Waals surface area contributed by atoms with Crippen molar-refractivity contribution in [1.29, 1.82) is 0 Å². The number of rotatable bonds is 3. The van der Waals surface area contributed by atoms with Crippen LogP contribution in [0.1, 0.15) is 6.42 Å². The van der Waals surface area contributed by atoms with Crippen LogP contribution in [0.2, 0.25) is 0 Å². The predicted octanol–water partition coefficient (Wildman–Crippen LogP) is 1.89. The third-order valence-electron chi connectivity index (χ3n) is 2.03. The molecule has 0 spiro atoms. The molecular weight excluding hydrogens is 134 g/mol. The molecule has 0 amide bonds. The molecule has 1 fully saturated rings. The number of allylic oxidation sites excluding steroid dienone is 3. The first kappa shape index (κ1) is 8.28. The highest BCUT2D eigenvalue weighted by molar-refractivity contribution is 5.22. The minimum absolute atomic E-state index is 0.645. The summed E-state index contributed by atoms with van der Waals surface area (Å²) < 4.78 is 0. The standard InChI is InChI=1S/C10H15N/c1-3-4-5-9(2)10-6-7-11-8-10/h3-5,10-11H,1-2,6-8H2/b5-4-. The first-order valence-corrected chi connectivity index (χ1v) is 4.03. The zero-order valence-corrected chi connectivity index (χ0v) is 6.84. The molecule has 0 aromatic rings. The average molecular weight is 149 g/mol. The first-order chi connectivity index (χ1) is 5.34. The van der Waals surface area contributed by atoms with Crippen LogP contribution in [-0.2, 0) is 0 Å². The zero-order valence-electron chi connectivity index (χ0n) is 6.84. The van der Waals surface area contributed by atoms with Crippen LogP contribution in [-0.4, -0.2) is 13.1 Å². The van der Waals surface area contributed by atoms with Gasteiger partial charge in [-0.3, -0.25) is 0 Å². The van der Waals surface area contributed by atoms with Crippen molar-refractivity contribution in [1.82, 2.24) is 5.32 Å². The van der Waals surface area contributed by atoms with E-state index < -0.39 is 0 Å². The predicted molar refractivity (Wildman–Crippen MR) is 49.5 cm³/mol. The summed E-state index contributed by atoms with van der Waals surface area (Å²) in [7, 11) is 0. The summed E-state index contributed by atoms with van der Waals surface area (Å²) in [5.41, 5.74) is 1.22. The number of hydrogen-bond acceptors (Lipinski definition) is 1. The molecule has 0 radical (unpaired) electrons. The Morgan fingerprint density at radius 3 is 2.91 bits per heavy atom. The molecule has 0 bridgehead atoms. The second-order valence-corrected chi connectivity index (χ2v) is 2.86. The Balaban J connectivity index is 2.40. The quantitative estimate of drug-likeness (QED) is 0.604. The molecule has 1 rings (SSSR count). The van der Waals surface area contributed by atoms with Crippen LogP contribution in [0, 0.1) is 5.92 Å². The van der Waals surface area contributed by atoms with E-state index in [-0.39, 0.29) is 0 Å². The molecule has 1 saturated heterocycles. The largest absolute Gasteiger partial charge is 0.316 e. The van der Waals surface area contributed by atoms with Gasteiger partial charge in [0.05, 0.1) is 0 Å². The van der Waals surface area contributed by atoms with Crippen LogP contribution in [0.3, 0.4) is 0 Å². The average Bonchev–Trinajstić information content (AvgIpc) is 2.52. The van der Waals surface area contributed by atoms with Gasteiger partial charge < -0.3 is 5.32 Å². The van der Waals surface area contributed by atoms with E-state index in [0.717, 1.165) is 13.1 Å². The zero-order chi connectivity index (χ0) is 8.10. The summed E-state index contributed by atoms with van der Waals surface area (Å²) in [5.74, 6) is 0.645. The molecule has 11 heavy (non-hydrogen) atoms. The van der Waals surface area contributed by atoms with E-state index in [0.29, 0.717) is 5.92 Å². The summed E-state index contributed by atoms with van der Waals surface area (Å²) in [6.07, 6.45) is 7.00. The lowest BCUT2D eigenvalue weighted by atomic mass is 10.00. The monoisotopic (exact) mass is 149 g/mol. The molecule has 1 heterocycles. The van der Waals surface area contributed by atoms with Gasteiger partial charge in [0.2, 0.25) is 0 Å². The summed E-state index contributed by atoms with van der Waals surface area (Å²) in [4.78, 5) is 0. The number of nitrogens with one attached hydrogen (secondary N) is 1. The smallest absolute Gasteiger partial charge is 0.00204 e. The van der Waals surface area contributed by atoms with Gasteiger partial charge in [0, 0.05) is 6.54 Å². The van der Waals surface area contributed by atoms with E-state index in [1.54, 1.807) is 6.08 Å². The molecule has 1 unspecified atom stereocenters. The highest BCUT2D eigenvalue weighted by atomic mass is 14.9. The fourth-order valence-electron chi connectivity index (χ4n) is 1.30. The Morgan fingerprint density at radius 1 is 1.55 bits per heavy atom. The summed E-state index contributed by atoms with van der Waals surface area (Å²) in [6.45, 7) is 9.83. The molecule has 60 valence electrons. The lowest BCUT2D eigenvalue weighted by Crippen LogP contribution is -2.09. The van der Waals surface area contributed by atoms with Gasteiger partial charge in [-0.25, -0.2) is 0 Å². The van der Waals surface area contributed by atoms with Gasteiger partial charge in [-0.1, -0.05) is 37.0 Å². The molecule has 0 saturated carbocycles. The van der Waals surface area contributed by atoms with Crippen LogP contribution in [0.5, 0.6) is 0 Å². The van der Waals surface area contributed by atoms with Crippen molar-refractivity contribution in [3.05, 3.63) is 37.0 Å². The third kappa shape index (κ3) is 2.35. The fraction of sp³-hybridized carbons (Fsp3) is 0.400. The maximum absolute atomic E-state index is 4.00. The van der Waals surface area contributed by atoms with Crippen LogP contribution < -0.4 is 5.32 Å². The summed E-state index contributed by atoms with van der Waals surface area (Å²) in [6, 6.07) is 0. The molecule has 0 aromatic carbocycles. The van der Waals surface area contributed by atoms with Gasteiger partial charge in [-0.2, -0.15) is 0 Å². The molecule has 0 aliphatic carbocycles. The Kier molecular flexibility index (Phi) is 3.12. The highest BCUT2D eigenvalue weighted by Gasteiger charge is 2.14. The fourth-order valence-corrected chi connectivity index (χ4v) is 1.30. The topological polar surface area (TPSA) is 12.0 Å². The maximum atomic E-state index is 4.00. The molecule has 1 heteroatoms. The second-order valence-electron chi connectivity index (χ2n) is 2.86. The lowest BCUT2D eigenvalue weighted by molar-refractivity contribution is 0.700. The van der Waals surface area contributed by atoms with Crippen molar-refractivity contribution < 1.29 is 0 Å². The molecule has 1 atom stereocenters. The Labute approximate surface area is 68.5 Å². The minimum atomic E-state index is 0.645. The molecule has 0 aromatic heterocycles. The molecule has 1 N–H and O–H groups in total. The van der Waals surface area contributed by atoms with E-state index >= 15 is 0 Å². The molecule has 1 aliphatic rings. The molecular formula is C10H15N. The van der Waals surface area contributed by atoms with E-state index in [9.17, 15) is 0 Å².